The van der Waals surface area contributed by atoms with Gasteiger partial charge >= 0.3 is 6.18 Å². The van der Waals surface area contributed by atoms with Crippen molar-refractivity contribution in [3.05, 3.63) is 95.6 Å². The molecule has 0 aromatic heterocycles. The van der Waals surface area contributed by atoms with Crippen molar-refractivity contribution in [2.45, 2.75) is 6.18 Å². The van der Waals surface area contributed by atoms with Crippen molar-refractivity contribution in [2.24, 2.45) is 0 Å². The number of halogens is 3. The van der Waals surface area contributed by atoms with Gasteiger partial charge in [0.1, 0.15) is 0 Å². The molecule has 0 fully saturated rings. The highest BCUT2D eigenvalue weighted by atomic mass is 19.4. The number of alkyl halides is 3. The van der Waals surface area contributed by atoms with Crippen LogP contribution in [0.5, 0.6) is 0 Å². The summed E-state index contributed by atoms with van der Waals surface area (Å²) in [5, 5.41) is 12.1. The molecule has 3 heteroatoms. The van der Waals surface area contributed by atoms with Crippen LogP contribution < -0.4 is 0 Å². The summed E-state index contributed by atoms with van der Waals surface area (Å²) in [6.45, 7) is 0. The molecule has 0 unspecified atom stereocenters. The lowest BCUT2D eigenvalue weighted by Gasteiger charge is -2.11. The van der Waals surface area contributed by atoms with Gasteiger partial charge in [-0.3, -0.25) is 0 Å². The Morgan fingerprint density at radius 2 is 1.00 bits per heavy atom. The molecule has 0 atom stereocenters. The maximum atomic E-state index is 13.5. The van der Waals surface area contributed by atoms with Crippen molar-refractivity contribution in [1.82, 2.24) is 0 Å². The average Bonchev–Trinajstić information content (AvgIpc) is 3.17. The van der Waals surface area contributed by atoms with E-state index in [0.717, 1.165) is 22.4 Å². The Labute approximate surface area is 181 Å². The fourth-order valence-corrected chi connectivity index (χ4v) is 5.42. The molecule has 0 saturated carbocycles. The SMILES string of the molecule is FC(F)(F)c1ccccc1/C=C/c1cc2ccc3ccc4ccc5ccc1c1c5c4c3c21. The van der Waals surface area contributed by atoms with Crippen molar-refractivity contribution < 1.29 is 13.2 Å². The van der Waals surface area contributed by atoms with E-state index in [2.05, 4.69) is 54.6 Å². The van der Waals surface area contributed by atoms with Crippen LogP contribution in [0.15, 0.2) is 78.9 Å². The standard InChI is InChI=1S/C29H15F3/c30-29(31,32)23-4-2-1-3-16(23)5-11-20-15-21-12-10-18-7-6-17-8-9-19-13-14-22(20)28-26(19)24(17)25(18)27(21)28/h1-15H/b11-5+. The van der Waals surface area contributed by atoms with Crippen LogP contribution in [0.4, 0.5) is 13.2 Å². The highest BCUT2D eigenvalue weighted by molar-refractivity contribution is 6.44. The molecule has 0 aliphatic rings. The molecule has 32 heavy (non-hydrogen) atoms. The van der Waals surface area contributed by atoms with Gasteiger partial charge < -0.3 is 0 Å². The molecule has 0 aliphatic carbocycles. The Bertz CT molecular complexity index is 1760. The predicted octanol–water partition coefficient (Wildman–Crippen LogP) is 8.96. The minimum Gasteiger partial charge on any atom is -0.166 e. The Balaban J connectivity index is 1.57. The third-order valence-corrected chi connectivity index (χ3v) is 6.76. The van der Waals surface area contributed by atoms with Crippen molar-refractivity contribution in [3.8, 4) is 0 Å². The molecule has 0 saturated heterocycles. The second-order valence-corrected chi connectivity index (χ2v) is 8.46. The van der Waals surface area contributed by atoms with Crippen LogP contribution in [0, 0.1) is 0 Å². The highest BCUT2D eigenvalue weighted by Crippen LogP contribution is 2.48. The zero-order valence-electron chi connectivity index (χ0n) is 16.8. The molecule has 7 aromatic carbocycles. The van der Waals surface area contributed by atoms with E-state index < -0.39 is 11.7 Å². The molecule has 0 amide bonds. The normalized spacial score (nSPS) is 13.3. The van der Waals surface area contributed by atoms with E-state index >= 15 is 0 Å². The first-order valence-electron chi connectivity index (χ1n) is 10.5. The van der Waals surface area contributed by atoms with Gasteiger partial charge in [-0.25, -0.2) is 0 Å². The molecule has 152 valence electrons. The Morgan fingerprint density at radius 1 is 0.500 bits per heavy atom. The summed E-state index contributed by atoms with van der Waals surface area (Å²) < 4.78 is 40.4. The van der Waals surface area contributed by atoms with Gasteiger partial charge in [0.25, 0.3) is 0 Å². The van der Waals surface area contributed by atoms with Crippen LogP contribution in [-0.2, 0) is 6.18 Å². The lowest BCUT2D eigenvalue weighted by atomic mass is 9.95. The number of hydrogen-bond donors (Lipinski definition) is 0. The maximum Gasteiger partial charge on any atom is 0.416 e. The largest absolute Gasteiger partial charge is 0.416 e. The van der Waals surface area contributed by atoms with Gasteiger partial charge in [-0.2, -0.15) is 13.2 Å². The Hall–Kier alpha value is -3.85. The summed E-state index contributed by atoms with van der Waals surface area (Å²) in [6.07, 6.45) is -0.985. The van der Waals surface area contributed by atoms with Gasteiger partial charge in [0, 0.05) is 0 Å². The quantitative estimate of drug-likeness (QED) is 0.193. The van der Waals surface area contributed by atoms with E-state index in [-0.39, 0.29) is 5.56 Å². The molecule has 7 rings (SSSR count). The molecule has 0 spiro atoms. The summed E-state index contributed by atoms with van der Waals surface area (Å²) in [5.41, 5.74) is 0.479. The molecule has 0 aliphatic heterocycles. The van der Waals surface area contributed by atoms with Gasteiger partial charge in [0.15, 0.2) is 0 Å². The van der Waals surface area contributed by atoms with E-state index in [0.29, 0.717) is 0 Å². The van der Waals surface area contributed by atoms with Crippen molar-refractivity contribution in [3.63, 3.8) is 0 Å². The smallest absolute Gasteiger partial charge is 0.166 e. The fourth-order valence-electron chi connectivity index (χ4n) is 5.42. The lowest BCUT2D eigenvalue weighted by Crippen LogP contribution is -2.06. The third kappa shape index (κ3) is 2.23. The predicted molar refractivity (Wildman–Crippen MR) is 128 cm³/mol. The summed E-state index contributed by atoms with van der Waals surface area (Å²) in [6, 6.07) is 24.9. The monoisotopic (exact) mass is 420 g/mol. The Kier molecular flexibility index (Phi) is 3.27. The molecule has 0 bridgehead atoms. The number of benzene rings is 6. The first-order valence-corrected chi connectivity index (χ1v) is 10.5. The van der Waals surface area contributed by atoms with Crippen molar-refractivity contribution in [2.75, 3.05) is 0 Å². The van der Waals surface area contributed by atoms with Crippen LogP contribution in [0.1, 0.15) is 16.7 Å². The number of rotatable bonds is 2. The average molecular weight is 420 g/mol. The zero-order valence-corrected chi connectivity index (χ0v) is 16.8. The minimum absolute atomic E-state index is 0.171. The minimum atomic E-state index is -4.38. The summed E-state index contributed by atoms with van der Waals surface area (Å²) >= 11 is 0. The van der Waals surface area contributed by atoms with Gasteiger partial charge in [-0.05, 0) is 77.1 Å². The topological polar surface area (TPSA) is 0 Å². The van der Waals surface area contributed by atoms with Crippen molar-refractivity contribution >= 4 is 66.0 Å². The second-order valence-electron chi connectivity index (χ2n) is 8.46. The Morgan fingerprint density at radius 3 is 1.66 bits per heavy atom. The van der Waals surface area contributed by atoms with E-state index in [9.17, 15) is 13.2 Å². The van der Waals surface area contributed by atoms with Crippen LogP contribution in [0.2, 0.25) is 0 Å². The summed E-state index contributed by atoms with van der Waals surface area (Å²) in [7, 11) is 0. The van der Waals surface area contributed by atoms with Crippen molar-refractivity contribution in [1.29, 1.82) is 0 Å². The summed E-state index contributed by atoms with van der Waals surface area (Å²) in [5.74, 6) is 0. The lowest BCUT2D eigenvalue weighted by molar-refractivity contribution is -0.137. The second kappa shape index (κ2) is 5.89. The fraction of sp³-hybridized carbons (Fsp3) is 0.0345. The highest BCUT2D eigenvalue weighted by Gasteiger charge is 2.32. The van der Waals surface area contributed by atoms with E-state index in [4.69, 9.17) is 0 Å². The molecular formula is C29H15F3. The van der Waals surface area contributed by atoms with Crippen LogP contribution in [0.3, 0.4) is 0 Å². The zero-order chi connectivity index (χ0) is 21.6. The molecule has 0 N–H and O–H groups in total. The van der Waals surface area contributed by atoms with Crippen LogP contribution in [-0.4, -0.2) is 0 Å². The molecule has 7 aromatic rings. The van der Waals surface area contributed by atoms with Gasteiger partial charge in [-0.1, -0.05) is 78.9 Å². The van der Waals surface area contributed by atoms with Gasteiger partial charge in [0.05, 0.1) is 5.56 Å². The van der Waals surface area contributed by atoms with Gasteiger partial charge in [-0.15, -0.1) is 0 Å². The van der Waals surface area contributed by atoms with E-state index in [1.165, 1.54) is 55.2 Å². The van der Waals surface area contributed by atoms with Crippen LogP contribution in [0.25, 0.3) is 66.0 Å². The maximum absolute atomic E-state index is 13.5. The van der Waals surface area contributed by atoms with Gasteiger partial charge in [0.2, 0.25) is 0 Å². The summed E-state index contributed by atoms with van der Waals surface area (Å²) in [4.78, 5) is 0. The van der Waals surface area contributed by atoms with E-state index in [1.807, 2.05) is 6.08 Å². The first-order chi connectivity index (χ1) is 15.5. The van der Waals surface area contributed by atoms with Crippen LogP contribution >= 0.6 is 0 Å². The molecule has 0 heterocycles. The molecule has 0 radical (unpaired) electrons. The molecule has 0 nitrogen and oxygen atoms in total. The first kappa shape index (κ1) is 17.8. The number of hydrogen-bond acceptors (Lipinski definition) is 0. The molecular weight excluding hydrogens is 405 g/mol. The van der Waals surface area contributed by atoms with E-state index in [1.54, 1.807) is 12.1 Å². The third-order valence-electron chi connectivity index (χ3n) is 6.76.